The van der Waals surface area contributed by atoms with Crippen LogP contribution >= 0.6 is 15.9 Å². The molecule has 0 aromatic heterocycles. The predicted octanol–water partition coefficient (Wildman–Crippen LogP) is 3.10. The predicted molar refractivity (Wildman–Crippen MR) is 82.0 cm³/mol. The van der Waals surface area contributed by atoms with Gasteiger partial charge in [-0.05, 0) is 39.7 Å². The van der Waals surface area contributed by atoms with Gasteiger partial charge in [-0.1, -0.05) is 12.7 Å². The van der Waals surface area contributed by atoms with Crippen LogP contribution < -0.4 is 9.47 Å². The van der Waals surface area contributed by atoms with Gasteiger partial charge in [0.1, 0.15) is 18.2 Å². The Morgan fingerprint density at radius 1 is 1.48 bits per heavy atom. The van der Waals surface area contributed by atoms with Gasteiger partial charge in [0, 0.05) is 0 Å². The van der Waals surface area contributed by atoms with Crippen LogP contribution in [-0.4, -0.2) is 26.8 Å². The molecular formula is C15H14BrNO4. The van der Waals surface area contributed by atoms with Crippen LogP contribution in [0.3, 0.4) is 0 Å². The van der Waals surface area contributed by atoms with E-state index in [0.29, 0.717) is 28.1 Å². The molecule has 0 saturated carbocycles. The fourth-order valence-corrected chi connectivity index (χ4v) is 2.09. The summed E-state index contributed by atoms with van der Waals surface area (Å²) < 4.78 is 15.9. The molecule has 0 N–H and O–H groups in total. The molecule has 110 valence electrons. The van der Waals surface area contributed by atoms with Gasteiger partial charge in [0.05, 0.1) is 18.7 Å². The summed E-state index contributed by atoms with van der Waals surface area (Å²) in [4.78, 5) is 11.4. The standard InChI is InChI=1S/C15H14BrNO4/c1-4-5-21-14-12(16)7-10(8-13(14)19-2)6-11(9-17)15(18)20-3/h4,6-8H,1,5H2,2-3H3/b11-6+. The van der Waals surface area contributed by atoms with Gasteiger partial charge in [0.25, 0.3) is 0 Å². The van der Waals surface area contributed by atoms with Crippen molar-refractivity contribution in [2.75, 3.05) is 20.8 Å². The highest BCUT2D eigenvalue weighted by atomic mass is 79.9. The fourth-order valence-electron chi connectivity index (χ4n) is 1.52. The molecule has 0 aliphatic heterocycles. The van der Waals surface area contributed by atoms with Crippen LogP contribution in [-0.2, 0) is 9.53 Å². The second-order valence-electron chi connectivity index (χ2n) is 3.80. The molecule has 0 amide bonds. The first-order chi connectivity index (χ1) is 10.1. The zero-order valence-corrected chi connectivity index (χ0v) is 13.3. The summed E-state index contributed by atoms with van der Waals surface area (Å²) in [5.41, 5.74) is 0.498. The minimum absolute atomic E-state index is 0.105. The van der Waals surface area contributed by atoms with Crippen molar-refractivity contribution in [2.24, 2.45) is 0 Å². The van der Waals surface area contributed by atoms with Gasteiger partial charge in [-0.25, -0.2) is 4.79 Å². The highest BCUT2D eigenvalue weighted by Crippen LogP contribution is 2.37. The van der Waals surface area contributed by atoms with E-state index in [1.807, 2.05) is 0 Å². The summed E-state index contributed by atoms with van der Waals surface area (Å²) in [6.45, 7) is 3.91. The molecule has 0 heterocycles. The van der Waals surface area contributed by atoms with Crippen LogP contribution in [0.5, 0.6) is 11.5 Å². The third-order valence-electron chi connectivity index (χ3n) is 2.43. The number of esters is 1. The zero-order valence-electron chi connectivity index (χ0n) is 11.7. The lowest BCUT2D eigenvalue weighted by Crippen LogP contribution is -2.03. The molecule has 0 aliphatic carbocycles. The molecular weight excluding hydrogens is 338 g/mol. The van der Waals surface area contributed by atoms with Crippen molar-refractivity contribution >= 4 is 28.0 Å². The molecule has 0 bridgehead atoms. The Hall–Kier alpha value is -2.26. The molecule has 0 atom stereocenters. The third-order valence-corrected chi connectivity index (χ3v) is 3.02. The van der Waals surface area contributed by atoms with Gasteiger partial charge < -0.3 is 14.2 Å². The van der Waals surface area contributed by atoms with E-state index < -0.39 is 5.97 Å². The lowest BCUT2D eigenvalue weighted by atomic mass is 10.1. The van der Waals surface area contributed by atoms with Crippen LogP contribution in [0.15, 0.2) is 34.8 Å². The summed E-state index contributed by atoms with van der Waals surface area (Å²) in [5.74, 6) is 0.297. The summed E-state index contributed by atoms with van der Waals surface area (Å²) in [6, 6.07) is 5.16. The SMILES string of the molecule is C=CCOc1c(Br)cc(/C=C(\C#N)C(=O)OC)cc1OC. The Morgan fingerprint density at radius 3 is 2.71 bits per heavy atom. The normalized spacial score (nSPS) is 10.5. The topological polar surface area (TPSA) is 68.5 Å². The Balaban J connectivity index is 3.25. The number of hydrogen-bond acceptors (Lipinski definition) is 5. The van der Waals surface area contributed by atoms with E-state index in [1.165, 1.54) is 20.3 Å². The second-order valence-corrected chi connectivity index (χ2v) is 4.65. The first kappa shape index (κ1) is 16.8. The van der Waals surface area contributed by atoms with Gasteiger partial charge in [-0.15, -0.1) is 0 Å². The van der Waals surface area contributed by atoms with Gasteiger partial charge in [-0.2, -0.15) is 5.26 Å². The summed E-state index contributed by atoms with van der Waals surface area (Å²) in [6.07, 6.45) is 3.03. The lowest BCUT2D eigenvalue weighted by Gasteiger charge is -2.12. The number of carbonyl (C=O) groups is 1. The van der Waals surface area contributed by atoms with E-state index in [9.17, 15) is 4.79 Å². The van der Waals surface area contributed by atoms with Gasteiger partial charge in [0.15, 0.2) is 11.5 Å². The Labute approximate surface area is 131 Å². The van der Waals surface area contributed by atoms with Crippen LogP contribution in [0, 0.1) is 11.3 Å². The average Bonchev–Trinajstić information content (AvgIpc) is 2.50. The summed E-state index contributed by atoms with van der Waals surface area (Å²) in [5, 5.41) is 8.96. The van der Waals surface area contributed by atoms with Gasteiger partial charge in [0.2, 0.25) is 0 Å². The number of nitriles is 1. The average molecular weight is 352 g/mol. The smallest absolute Gasteiger partial charge is 0.348 e. The number of nitrogens with zero attached hydrogens (tertiary/aromatic N) is 1. The molecule has 1 rings (SSSR count). The maximum Gasteiger partial charge on any atom is 0.348 e. The van der Waals surface area contributed by atoms with E-state index in [-0.39, 0.29) is 5.57 Å². The minimum Gasteiger partial charge on any atom is -0.493 e. The van der Waals surface area contributed by atoms with Crippen molar-refractivity contribution in [1.29, 1.82) is 5.26 Å². The first-order valence-electron chi connectivity index (χ1n) is 5.88. The van der Waals surface area contributed by atoms with Gasteiger partial charge in [-0.3, -0.25) is 0 Å². The number of benzene rings is 1. The number of carbonyl (C=O) groups excluding carboxylic acids is 1. The lowest BCUT2D eigenvalue weighted by molar-refractivity contribution is -0.135. The molecule has 0 aliphatic rings. The third kappa shape index (κ3) is 4.36. The van der Waals surface area contributed by atoms with Crippen molar-refractivity contribution in [3.63, 3.8) is 0 Å². The monoisotopic (exact) mass is 351 g/mol. The van der Waals surface area contributed by atoms with E-state index in [2.05, 4.69) is 27.2 Å². The molecule has 1 aromatic rings. The Morgan fingerprint density at radius 2 is 2.19 bits per heavy atom. The van der Waals surface area contributed by atoms with Crippen molar-refractivity contribution in [3.05, 3.63) is 40.4 Å². The number of methoxy groups -OCH3 is 2. The summed E-state index contributed by atoms with van der Waals surface area (Å²) in [7, 11) is 2.72. The van der Waals surface area contributed by atoms with E-state index in [0.717, 1.165) is 0 Å². The molecule has 0 fully saturated rings. The first-order valence-corrected chi connectivity index (χ1v) is 6.68. The van der Waals surface area contributed by atoms with Crippen LogP contribution in [0.4, 0.5) is 0 Å². The van der Waals surface area contributed by atoms with Crippen LogP contribution in [0.25, 0.3) is 6.08 Å². The molecule has 6 heteroatoms. The molecule has 0 spiro atoms. The van der Waals surface area contributed by atoms with E-state index in [4.69, 9.17) is 14.7 Å². The summed E-state index contributed by atoms with van der Waals surface area (Å²) >= 11 is 3.37. The maximum absolute atomic E-state index is 11.4. The highest BCUT2D eigenvalue weighted by Gasteiger charge is 2.13. The minimum atomic E-state index is -0.695. The van der Waals surface area contributed by atoms with E-state index in [1.54, 1.807) is 24.3 Å². The Kier molecular flexibility index (Phi) is 6.50. The molecule has 21 heavy (non-hydrogen) atoms. The van der Waals surface area contributed by atoms with Crippen molar-refractivity contribution in [3.8, 4) is 17.6 Å². The second kappa shape index (κ2) is 8.12. The number of ether oxygens (including phenoxy) is 3. The van der Waals surface area contributed by atoms with Gasteiger partial charge >= 0.3 is 5.97 Å². The van der Waals surface area contributed by atoms with Crippen molar-refractivity contribution in [2.45, 2.75) is 0 Å². The molecule has 1 aromatic carbocycles. The quantitative estimate of drug-likeness (QED) is 0.341. The highest BCUT2D eigenvalue weighted by molar-refractivity contribution is 9.10. The number of rotatable bonds is 6. The van der Waals surface area contributed by atoms with Crippen LogP contribution in [0.2, 0.25) is 0 Å². The Bertz CT molecular complexity index is 617. The van der Waals surface area contributed by atoms with Crippen LogP contribution in [0.1, 0.15) is 5.56 Å². The largest absolute Gasteiger partial charge is 0.493 e. The van der Waals surface area contributed by atoms with E-state index >= 15 is 0 Å². The molecule has 0 unspecified atom stereocenters. The molecule has 0 saturated heterocycles. The zero-order chi connectivity index (χ0) is 15.8. The number of hydrogen-bond donors (Lipinski definition) is 0. The number of halogens is 1. The molecule has 5 nitrogen and oxygen atoms in total. The maximum atomic E-state index is 11.4. The van der Waals surface area contributed by atoms with Crippen molar-refractivity contribution in [1.82, 2.24) is 0 Å². The van der Waals surface area contributed by atoms with Crippen molar-refractivity contribution < 1.29 is 19.0 Å². The molecule has 0 radical (unpaired) electrons. The fraction of sp³-hybridized carbons (Fsp3) is 0.200.